The SMILES string of the molecule is Cc1cc(N2CCN(C(=O)CCc3ccc(C(=O)O)cc3)CC2)nc(C)n1. The molecular formula is C20H24N4O3. The van der Waals surface area contributed by atoms with Gasteiger partial charge in [-0.15, -0.1) is 0 Å². The first-order chi connectivity index (χ1) is 12.9. The van der Waals surface area contributed by atoms with E-state index in [1.54, 1.807) is 24.3 Å². The molecule has 1 aliphatic rings. The van der Waals surface area contributed by atoms with Crippen LogP contribution in [0, 0.1) is 13.8 Å². The van der Waals surface area contributed by atoms with Crippen LogP contribution in [-0.2, 0) is 11.2 Å². The molecule has 7 heteroatoms. The van der Waals surface area contributed by atoms with Crippen molar-refractivity contribution in [1.82, 2.24) is 14.9 Å². The van der Waals surface area contributed by atoms with Crippen LogP contribution in [0.3, 0.4) is 0 Å². The van der Waals surface area contributed by atoms with Crippen LogP contribution in [-0.4, -0.2) is 58.0 Å². The summed E-state index contributed by atoms with van der Waals surface area (Å²) in [4.78, 5) is 36.2. The number of hydrogen-bond donors (Lipinski definition) is 1. The van der Waals surface area contributed by atoms with E-state index in [0.717, 1.165) is 36.0 Å². The zero-order valence-corrected chi connectivity index (χ0v) is 15.7. The Morgan fingerprint density at radius 1 is 1.04 bits per heavy atom. The van der Waals surface area contributed by atoms with Gasteiger partial charge in [-0.1, -0.05) is 12.1 Å². The Hall–Kier alpha value is -2.96. The summed E-state index contributed by atoms with van der Waals surface area (Å²) in [5, 5.41) is 8.93. The maximum absolute atomic E-state index is 12.5. The van der Waals surface area contributed by atoms with Crippen molar-refractivity contribution in [1.29, 1.82) is 0 Å². The number of carboxylic acids is 1. The maximum atomic E-state index is 12.5. The standard InChI is InChI=1S/C20H24N4O3/c1-14-13-18(22-15(2)21-14)23-9-11-24(12-10-23)19(25)8-5-16-3-6-17(7-4-16)20(26)27/h3-4,6-7,13H,5,8-12H2,1-2H3,(H,26,27). The molecule has 1 amide bonds. The van der Waals surface area contributed by atoms with Crippen LogP contribution in [0.25, 0.3) is 0 Å². The zero-order chi connectivity index (χ0) is 19.4. The van der Waals surface area contributed by atoms with E-state index in [9.17, 15) is 9.59 Å². The molecule has 1 saturated heterocycles. The predicted octanol–water partition coefficient (Wildman–Crippen LogP) is 2.07. The minimum Gasteiger partial charge on any atom is -0.478 e. The number of nitrogens with zero attached hydrogens (tertiary/aromatic N) is 4. The number of benzene rings is 1. The summed E-state index contributed by atoms with van der Waals surface area (Å²) in [6.07, 6.45) is 1.04. The van der Waals surface area contributed by atoms with Gasteiger partial charge in [0, 0.05) is 44.4 Å². The lowest BCUT2D eigenvalue weighted by atomic mass is 10.1. The number of anilines is 1. The van der Waals surface area contributed by atoms with Crippen molar-refractivity contribution in [3.8, 4) is 0 Å². The second-order valence-electron chi connectivity index (χ2n) is 6.78. The van der Waals surface area contributed by atoms with Gasteiger partial charge in [0.15, 0.2) is 0 Å². The van der Waals surface area contributed by atoms with Crippen LogP contribution in [0.2, 0.25) is 0 Å². The molecule has 7 nitrogen and oxygen atoms in total. The monoisotopic (exact) mass is 368 g/mol. The van der Waals surface area contributed by atoms with Crippen LogP contribution >= 0.6 is 0 Å². The fourth-order valence-electron chi connectivity index (χ4n) is 3.27. The molecule has 3 rings (SSSR count). The van der Waals surface area contributed by atoms with Gasteiger partial charge in [-0.2, -0.15) is 0 Å². The van der Waals surface area contributed by atoms with Crippen LogP contribution in [0.15, 0.2) is 30.3 Å². The van der Waals surface area contributed by atoms with Crippen molar-refractivity contribution in [2.24, 2.45) is 0 Å². The molecule has 0 saturated carbocycles. The number of carbonyl (C=O) groups excluding carboxylic acids is 1. The summed E-state index contributed by atoms with van der Waals surface area (Å²) in [5.41, 5.74) is 2.18. The number of carbonyl (C=O) groups is 2. The van der Waals surface area contributed by atoms with Gasteiger partial charge in [0.25, 0.3) is 0 Å². The molecule has 1 aromatic heterocycles. The highest BCUT2D eigenvalue weighted by atomic mass is 16.4. The minimum absolute atomic E-state index is 0.131. The number of aryl methyl sites for hydroxylation is 3. The summed E-state index contributed by atoms with van der Waals surface area (Å²) < 4.78 is 0. The molecule has 1 aliphatic heterocycles. The number of piperazine rings is 1. The molecule has 1 aromatic carbocycles. The van der Waals surface area contributed by atoms with E-state index in [0.29, 0.717) is 25.9 Å². The second kappa shape index (κ2) is 8.16. The fraction of sp³-hybridized carbons (Fsp3) is 0.400. The van der Waals surface area contributed by atoms with Crippen molar-refractivity contribution in [2.75, 3.05) is 31.1 Å². The van der Waals surface area contributed by atoms with E-state index in [4.69, 9.17) is 5.11 Å². The average Bonchev–Trinajstić information content (AvgIpc) is 2.66. The van der Waals surface area contributed by atoms with Gasteiger partial charge >= 0.3 is 5.97 Å². The Morgan fingerprint density at radius 2 is 1.70 bits per heavy atom. The first-order valence-electron chi connectivity index (χ1n) is 9.09. The largest absolute Gasteiger partial charge is 0.478 e. The van der Waals surface area contributed by atoms with Crippen molar-refractivity contribution in [2.45, 2.75) is 26.7 Å². The third-order valence-electron chi connectivity index (χ3n) is 4.74. The van der Waals surface area contributed by atoms with Gasteiger partial charge in [-0.25, -0.2) is 14.8 Å². The number of aromatic carboxylic acids is 1. The Kier molecular flexibility index (Phi) is 5.69. The van der Waals surface area contributed by atoms with Crippen LogP contribution in [0.5, 0.6) is 0 Å². The highest BCUT2D eigenvalue weighted by molar-refractivity contribution is 5.87. The highest BCUT2D eigenvalue weighted by Crippen LogP contribution is 2.16. The van der Waals surface area contributed by atoms with Gasteiger partial charge in [-0.3, -0.25) is 4.79 Å². The van der Waals surface area contributed by atoms with E-state index >= 15 is 0 Å². The van der Waals surface area contributed by atoms with Crippen LogP contribution < -0.4 is 4.90 Å². The van der Waals surface area contributed by atoms with Crippen LogP contribution in [0.4, 0.5) is 5.82 Å². The second-order valence-corrected chi connectivity index (χ2v) is 6.78. The first-order valence-corrected chi connectivity index (χ1v) is 9.09. The summed E-state index contributed by atoms with van der Waals surface area (Å²) in [7, 11) is 0. The number of aromatic nitrogens is 2. The number of rotatable bonds is 5. The smallest absolute Gasteiger partial charge is 0.335 e. The topological polar surface area (TPSA) is 86.6 Å². The molecule has 27 heavy (non-hydrogen) atoms. The lowest BCUT2D eigenvalue weighted by Gasteiger charge is -2.35. The van der Waals surface area contributed by atoms with E-state index in [1.165, 1.54) is 0 Å². The third kappa shape index (κ3) is 4.81. The minimum atomic E-state index is -0.940. The molecule has 142 valence electrons. The molecule has 0 radical (unpaired) electrons. The molecule has 2 aromatic rings. The molecule has 0 aliphatic carbocycles. The number of carboxylic acid groups (broad SMARTS) is 1. The predicted molar refractivity (Wildman–Crippen MR) is 102 cm³/mol. The van der Waals surface area contributed by atoms with Gasteiger partial charge in [0.2, 0.25) is 5.91 Å². The summed E-state index contributed by atoms with van der Waals surface area (Å²) in [6.45, 7) is 6.72. The van der Waals surface area contributed by atoms with E-state index in [2.05, 4.69) is 14.9 Å². The van der Waals surface area contributed by atoms with Crippen molar-refractivity contribution in [3.05, 3.63) is 53.0 Å². The summed E-state index contributed by atoms with van der Waals surface area (Å²) in [5.74, 6) is 0.875. The van der Waals surface area contributed by atoms with Crippen molar-refractivity contribution in [3.63, 3.8) is 0 Å². The zero-order valence-electron chi connectivity index (χ0n) is 15.7. The molecule has 1 fully saturated rings. The van der Waals surface area contributed by atoms with Gasteiger partial charge in [0.1, 0.15) is 11.6 Å². The van der Waals surface area contributed by atoms with E-state index < -0.39 is 5.97 Å². The molecule has 1 N–H and O–H groups in total. The lowest BCUT2D eigenvalue weighted by molar-refractivity contribution is -0.131. The van der Waals surface area contributed by atoms with Gasteiger partial charge < -0.3 is 14.9 Å². The highest BCUT2D eigenvalue weighted by Gasteiger charge is 2.22. The summed E-state index contributed by atoms with van der Waals surface area (Å²) >= 11 is 0. The molecule has 0 bridgehead atoms. The third-order valence-corrected chi connectivity index (χ3v) is 4.74. The molecule has 2 heterocycles. The summed E-state index contributed by atoms with van der Waals surface area (Å²) in [6, 6.07) is 8.67. The molecule has 0 unspecified atom stereocenters. The van der Waals surface area contributed by atoms with Gasteiger partial charge in [-0.05, 0) is 38.0 Å². The van der Waals surface area contributed by atoms with Crippen LogP contribution in [0.1, 0.15) is 33.9 Å². The first kappa shape index (κ1) is 18.8. The Morgan fingerprint density at radius 3 is 2.30 bits per heavy atom. The molecule has 0 spiro atoms. The fourth-order valence-corrected chi connectivity index (χ4v) is 3.27. The van der Waals surface area contributed by atoms with E-state index in [-0.39, 0.29) is 11.5 Å². The quantitative estimate of drug-likeness (QED) is 0.869. The average molecular weight is 368 g/mol. The molecule has 0 atom stereocenters. The van der Waals surface area contributed by atoms with E-state index in [1.807, 2.05) is 24.8 Å². The normalized spacial score (nSPS) is 14.3. The number of amides is 1. The molecular weight excluding hydrogens is 344 g/mol. The maximum Gasteiger partial charge on any atom is 0.335 e. The van der Waals surface area contributed by atoms with Gasteiger partial charge in [0.05, 0.1) is 5.56 Å². The lowest BCUT2D eigenvalue weighted by Crippen LogP contribution is -2.49. The van der Waals surface area contributed by atoms with Crippen molar-refractivity contribution >= 4 is 17.7 Å². The Balaban J connectivity index is 1.50. The Labute approximate surface area is 158 Å². The Bertz CT molecular complexity index is 807. The number of hydrogen-bond acceptors (Lipinski definition) is 5. The van der Waals surface area contributed by atoms with Crippen molar-refractivity contribution < 1.29 is 14.7 Å².